The van der Waals surface area contributed by atoms with Gasteiger partial charge in [-0.25, -0.2) is 4.79 Å². The van der Waals surface area contributed by atoms with Crippen LogP contribution >= 0.6 is 0 Å². The second-order valence-electron chi connectivity index (χ2n) is 6.89. The van der Waals surface area contributed by atoms with Gasteiger partial charge in [0.25, 0.3) is 5.56 Å². The van der Waals surface area contributed by atoms with Crippen LogP contribution in [0.5, 0.6) is 0 Å². The Kier molecular flexibility index (Phi) is 4.20. The number of ether oxygens (including phenoxy) is 1. The molecule has 0 aliphatic carbocycles. The molecule has 0 unspecified atom stereocenters. The van der Waals surface area contributed by atoms with Crippen LogP contribution in [0.25, 0.3) is 16.9 Å². The van der Waals surface area contributed by atoms with Crippen molar-refractivity contribution in [3.63, 3.8) is 0 Å². The number of carbonyl (C=O) groups excluding carboxylic acids is 1. The van der Waals surface area contributed by atoms with Gasteiger partial charge in [-0.05, 0) is 23.5 Å². The van der Waals surface area contributed by atoms with Crippen molar-refractivity contribution in [3.8, 4) is 11.3 Å². The molecule has 0 amide bonds. The summed E-state index contributed by atoms with van der Waals surface area (Å²) in [4.78, 5) is 27.5. The largest absolute Gasteiger partial charge is 0.462 e. The van der Waals surface area contributed by atoms with Crippen LogP contribution in [0.1, 0.15) is 43.6 Å². The standard InChI is InChI=1S/C19H21N3O3/c1-5-25-18(24)14-11-20-22-16(23)10-15(21-17(14)22)12-6-8-13(9-7-12)19(2,3)4/h6-11,21H,5H2,1-4H3. The van der Waals surface area contributed by atoms with E-state index in [4.69, 9.17) is 4.74 Å². The predicted octanol–water partition coefficient (Wildman–Crippen LogP) is 3.16. The summed E-state index contributed by atoms with van der Waals surface area (Å²) in [6.45, 7) is 8.43. The van der Waals surface area contributed by atoms with Crippen molar-refractivity contribution < 1.29 is 9.53 Å². The maximum atomic E-state index is 12.3. The zero-order valence-electron chi connectivity index (χ0n) is 14.8. The van der Waals surface area contributed by atoms with Gasteiger partial charge >= 0.3 is 5.97 Å². The lowest BCUT2D eigenvalue weighted by Crippen LogP contribution is -2.15. The average molecular weight is 339 g/mol. The van der Waals surface area contributed by atoms with Gasteiger partial charge in [-0.2, -0.15) is 9.61 Å². The number of fused-ring (bicyclic) bond motifs is 1. The number of benzene rings is 1. The van der Waals surface area contributed by atoms with Crippen LogP contribution in [0.4, 0.5) is 0 Å². The fraction of sp³-hybridized carbons (Fsp3) is 0.316. The van der Waals surface area contributed by atoms with Crippen molar-refractivity contribution in [2.45, 2.75) is 33.1 Å². The molecule has 2 heterocycles. The number of hydrogen-bond acceptors (Lipinski definition) is 4. The second-order valence-corrected chi connectivity index (χ2v) is 6.89. The molecular weight excluding hydrogens is 318 g/mol. The van der Waals surface area contributed by atoms with Crippen molar-refractivity contribution in [2.24, 2.45) is 0 Å². The lowest BCUT2D eigenvalue weighted by molar-refractivity contribution is 0.0528. The Balaban J connectivity index is 2.10. The van der Waals surface area contributed by atoms with Gasteiger partial charge in [0.15, 0.2) is 5.65 Å². The lowest BCUT2D eigenvalue weighted by Gasteiger charge is -2.19. The molecule has 0 fully saturated rings. The van der Waals surface area contributed by atoms with Gasteiger partial charge in [-0.15, -0.1) is 0 Å². The molecule has 0 aliphatic rings. The minimum atomic E-state index is -0.506. The molecule has 0 bridgehead atoms. The van der Waals surface area contributed by atoms with Crippen molar-refractivity contribution in [3.05, 3.63) is 58.0 Å². The van der Waals surface area contributed by atoms with Crippen LogP contribution in [0.15, 0.2) is 41.3 Å². The predicted molar refractivity (Wildman–Crippen MR) is 95.9 cm³/mol. The van der Waals surface area contributed by atoms with Gasteiger partial charge in [-0.3, -0.25) is 4.79 Å². The van der Waals surface area contributed by atoms with Crippen molar-refractivity contribution in [2.75, 3.05) is 6.61 Å². The molecule has 130 valence electrons. The third-order valence-corrected chi connectivity index (χ3v) is 4.06. The first kappa shape index (κ1) is 17.0. The summed E-state index contributed by atoms with van der Waals surface area (Å²) in [6, 6.07) is 9.48. The third kappa shape index (κ3) is 3.20. The van der Waals surface area contributed by atoms with Gasteiger partial charge < -0.3 is 9.72 Å². The van der Waals surface area contributed by atoms with E-state index in [1.165, 1.54) is 22.3 Å². The zero-order chi connectivity index (χ0) is 18.2. The molecule has 0 radical (unpaired) electrons. The van der Waals surface area contributed by atoms with E-state index in [0.29, 0.717) is 11.3 Å². The summed E-state index contributed by atoms with van der Waals surface area (Å²) in [7, 11) is 0. The Bertz CT molecular complexity index is 976. The number of nitrogens with one attached hydrogen (secondary N) is 1. The number of carbonyl (C=O) groups is 1. The Labute approximate surface area is 145 Å². The number of aromatic nitrogens is 3. The summed E-state index contributed by atoms with van der Waals surface area (Å²) in [6.07, 6.45) is 1.34. The van der Waals surface area contributed by atoms with Gasteiger partial charge in [0.05, 0.1) is 18.5 Å². The van der Waals surface area contributed by atoms with Crippen molar-refractivity contribution in [1.29, 1.82) is 0 Å². The van der Waals surface area contributed by atoms with E-state index >= 15 is 0 Å². The minimum absolute atomic E-state index is 0.0540. The molecule has 6 heteroatoms. The van der Waals surface area contributed by atoms with E-state index in [2.05, 4.69) is 30.9 Å². The fourth-order valence-electron chi connectivity index (χ4n) is 2.65. The first-order valence-electron chi connectivity index (χ1n) is 8.20. The van der Waals surface area contributed by atoms with Gasteiger partial charge in [0.1, 0.15) is 5.56 Å². The first-order chi connectivity index (χ1) is 11.8. The van der Waals surface area contributed by atoms with Gasteiger partial charge in [0, 0.05) is 6.07 Å². The van der Waals surface area contributed by atoms with Crippen molar-refractivity contribution in [1.82, 2.24) is 14.6 Å². The maximum absolute atomic E-state index is 12.3. The number of H-pyrrole nitrogens is 1. The van der Waals surface area contributed by atoms with Crippen LogP contribution in [-0.4, -0.2) is 27.2 Å². The van der Waals surface area contributed by atoms with E-state index in [1.54, 1.807) is 6.92 Å². The summed E-state index contributed by atoms with van der Waals surface area (Å²) < 4.78 is 6.18. The Hall–Kier alpha value is -2.89. The second kappa shape index (κ2) is 6.20. The molecule has 0 saturated heterocycles. The van der Waals surface area contributed by atoms with E-state index in [-0.39, 0.29) is 23.1 Å². The summed E-state index contributed by atoms with van der Waals surface area (Å²) in [5.41, 5.74) is 3.02. The smallest absolute Gasteiger partial charge is 0.343 e. The summed E-state index contributed by atoms with van der Waals surface area (Å²) in [5.74, 6) is -0.506. The molecule has 1 N–H and O–H groups in total. The van der Waals surface area contributed by atoms with E-state index in [9.17, 15) is 9.59 Å². The van der Waals surface area contributed by atoms with Gasteiger partial charge in [-0.1, -0.05) is 45.0 Å². The van der Waals surface area contributed by atoms with Crippen LogP contribution < -0.4 is 5.56 Å². The number of aromatic amines is 1. The molecular formula is C19H21N3O3. The lowest BCUT2D eigenvalue weighted by atomic mass is 9.86. The minimum Gasteiger partial charge on any atom is -0.462 e. The number of nitrogens with zero attached hydrogens (tertiary/aromatic N) is 2. The maximum Gasteiger partial charge on any atom is 0.343 e. The summed E-state index contributed by atoms with van der Waals surface area (Å²) in [5, 5.41) is 3.97. The van der Waals surface area contributed by atoms with E-state index in [1.807, 2.05) is 24.3 Å². The zero-order valence-corrected chi connectivity index (χ0v) is 14.8. The monoisotopic (exact) mass is 339 g/mol. The average Bonchev–Trinajstić information content (AvgIpc) is 2.99. The highest BCUT2D eigenvalue weighted by atomic mass is 16.5. The summed E-state index contributed by atoms with van der Waals surface area (Å²) >= 11 is 0. The molecule has 3 rings (SSSR count). The molecule has 0 saturated carbocycles. The van der Waals surface area contributed by atoms with Crippen LogP contribution in [0.3, 0.4) is 0 Å². The molecule has 2 aromatic heterocycles. The Morgan fingerprint density at radius 2 is 1.92 bits per heavy atom. The third-order valence-electron chi connectivity index (χ3n) is 4.06. The molecule has 1 aromatic carbocycles. The van der Waals surface area contributed by atoms with E-state index in [0.717, 1.165) is 5.56 Å². The molecule has 0 atom stereocenters. The molecule has 0 spiro atoms. The van der Waals surface area contributed by atoms with Crippen LogP contribution in [0, 0.1) is 0 Å². The van der Waals surface area contributed by atoms with Crippen LogP contribution in [-0.2, 0) is 10.2 Å². The highest BCUT2D eigenvalue weighted by molar-refractivity contribution is 5.95. The highest BCUT2D eigenvalue weighted by Crippen LogP contribution is 2.25. The molecule has 25 heavy (non-hydrogen) atoms. The molecule has 6 nitrogen and oxygen atoms in total. The SMILES string of the molecule is CCOC(=O)c1cnn2c(=O)cc(-c3ccc(C(C)(C)C)cc3)[nH]c12. The number of hydrogen-bond donors (Lipinski definition) is 1. The first-order valence-corrected chi connectivity index (χ1v) is 8.20. The highest BCUT2D eigenvalue weighted by Gasteiger charge is 2.17. The quantitative estimate of drug-likeness (QED) is 0.744. The Morgan fingerprint density at radius 1 is 1.24 bits per heavy atom. The number of esters is 1. The topological polar surface area (TPSA) is 76.5 Å². The molecule has 3 aromatic rings. The van der Waals surface area contributed by atoms with E-state index < -0.39 is 5.97 Å². The number of rotatable bonds is 3. The van der Waals surface area contributed by atoms with Gasteiger partial charge in [0.2, 0.25) is 0 Å². The van der Waals surface area contributed by atoms with Crippen molar-refractivity contribution >= 4 is 11.6 Å². The normalized spacial score (nSPS) is 11.7. The van der Waals surface area contributed by atoms with Crippen LogP contribution in [0.2, 0.25) is 0 Å². The fourth-order valence-corrected chi connectivity index (χ4v) is 2.65. The molecule has 0 aliphatic heterocycles. The Morgan fingerprint density at radius 3 is 2.52 bits per heavy atom.